The van der Waals surface area contributed by atoms with E-state index in [-0.39, 0.29) is 5.56 Å². The molecule has 0 spiro atoms. The summed E-state index contributed by atoms with van der Waals surface area (Å²) in [6.07, 6.45) is -4.58. The summed E-state index contributed by atoms with van der Waals surface area (Å²) in [4.78, 5) is 10.8. The van der Waals surface area contributed by atoms with Crippen LogP contribution in [0, 0.1) is 0 Å². The number of benzene rings is 1. The van der Waals surface area contributed by atoms with E-state index < -0.39 is 30.4 Å². The van der Waals surface area contributed by atoms with Crippen LogP contribution in [0.1, 0.15) is 38.1 Å². The van der Waals surface area contributed by atoms with Crippen molar-refractivity contribution in [3.05, 3.63) is 23.8 Å². The van der Waals surface area contributed by atoms with Gasteiger partial charge in [0.05, 0.1) is 16.8 Å². The zero-order chi connectivity index (χ0) is 16.8. The Bertz CT molecular complexity index is 568. The van der Waals surface area contributed by atoms with Gasteiger partial charge in [-0.05, 0) is 45.3 Å². The highest BCUT2D eigenvalue weighted by Gasteiger charge is 2.51. The molecule has 120 valence electrons. The molecule has 4 nitrogen and oxygen atoms in total. The first-order valence-electron chi connectivity index (χ1n) is 6.66. The molecule has 22 heavy (non-hydrogen) atoms. The van der Waals surface area contributed by atoms with Crippen LogP contribution in [0.3, 0.4) is 0 Å². The minimum atomic E-state index is -4.88. The van der Waals surface area contributed by atoms with Crippen molar-refractivity contribution in [3.8, 4) is 5.75 Å². The van der Waals surface area contributed by atoms with Gasteiger partial charge in [0, 0.05) is 0 Å². The molecule has 1 aromatic carbocycles. The van der Waals surface area contributed by atoms with E-state index in [1.807, 2.05) is 27.7 Å². The fourth-order valence-corrected chi connectivity index (χ4v) is 1.99. The fourth-order valence-electron chi connectivity index (χ4n) is 1.99. The van der Waals surface area contributed by atoms with Gasteiger partial charge in [0.1, 0.15) is 5.75 Å². The third-order valence-corrected chi connectivity index (χ3v) is 3.92. The van der Waals surface area contributed by atoms with Crippen LogP contribution in [-0.4, -0.2) is 31.0 Å². The highest BCUT2D eigenvalue weighted by molar-refractivity contribution is 6.62. The molecule has 0 aliphatic carbocycles. The first-order valence-corrected chi connectivity index (χ1v) is 6.66. The van der Waals surface area contributed by atoms with Crippen molar-refractivity contribution in [3.63, 3.8) is 0 Å². The Morgan fingerprint density at radius 2 is 1.68 bits per heavy atom. The molecular formula is C14H16BF3O4. The molecule has 0 amide bonds. The van der Waals surface area contributed by atoms with Crippen LogP contribution in [0.2, 0.25) is 0 Å². The quantitative estimate of drug-likeness (QED) is 0.635. The minimum absolute atomic E-state index is 0.197. The lowest BCUT2D eigenvalue weighted by Gasteiger charge is -2.32. The summed E-state index contributed by atoms with van der Waals surface area (Å²) in [7, 11) is -0.832. The lowest BCUT2D eigenvalue weighted by molar-refractivity contribution is -0.274. The number of carbonyl (C=O) groups excluding carboxylic acids is 1. The normalized spacial score (nSPS) is 20.0. The van der Waals surface area contributed by atoms with Crippen molar-refractivity contribution in [1.82, 2.24) is 0 Å². The van der Waals surface area contributed by atoms with Crippen LogP contribution < -0.4 is 10.2 Å². The predicted octanol–water partition coefficient (Wildman–Crippen LogP) is 2.70. The molecule has 1 saturated heterocycles. The van der Waals surface area contributed by atoms with Crippen molar-refractivity contribution in [2.75, 3.05) is 0 Å². The Morgan fingerprint density at radius 3 is 2.14 bits per heavy atom. The predicted molar refractivity (Wildman–Crippen MR) is 74.2 cm³/mol. The van der Waals surface area contributed by atoms with Crippen LogP contribution >= 0.6 is 0 Å². The number of hydrogen-bond donors (Lipinski definition) is 0. The smallest absolute Gasteiger partial charge is 0.405 e. The lowest BCUT2D eigenvalue weighted by atomic mass is 9.78. The monoisotopic (exact) mass is 316 g/mol. The number of halogens is 3. The Hall–Kier alpha value is -1.54. The maximum atomic E-state index is 12.4. The zero-order valence-electron chi connectivity index (χ0n) is 12.7. The molecule has 0 aromatic heterocycles. The molecule has 8 heteroatoms. The van der Waals surface area contributed by atoms with Gasteiger partial charge in [-0.15, -0.1) is 13.2 Å². The summed E-state index contributed by atoms with van der Waals surface area (Å²) >= 11 is 0. The second-order valence-corrected chi connectivity index (χ2v) is 6.05. The number of rotatable bonds is 3. The van der Waals surface area contributed by atoms with Gasteiger partial charge < -0.3 is 14.0 Å². The highest BCUT2D eigenvalue weighted by atomic mass is 19.4. The molecular weight excluding hydrogens is 300 g/mol. The van der Waals surface area contributed by atoms with E-state index in [1.54, 1.807) is 0 Å². The summed E-state index contributed by atoms with van der Waals surface area (Å²) in [5, 5.41) is 0. The largest absolute Gasteiger partial charge is 0.573 e. The molecule has 1 heterocycles. The highest BCUT2D eigenvalue weighted by Crippen LogP contribution is 2.37. The van der Waals surface area contributed by atoms with Crippen LogP contribution in [0.4, 0.5) is 13.2 Å². The average Bonchev–Trinajstić information content (AvgIpc) is 2.56. The Balaban J connectivity index is 2.34. The van der Waals surface area contributed by atoms with Gasteiger partial charge in [0.2, 0.25) is 0 Å². The van der Waals surface area contributed by atoms with Crippen LogP contribution in [-0.2, 0) is 9.31 Å². The average molecular weight is 316 g/mol. The van der Waals surface area contributed by atoms with Gasteiger partial charge in [0.15, 0.2) is 6.29 Å². The maximum Gasteiger partial charge on any atom is 0.573 e. The van der Waals surface area contributed by atoms with Crippen LogP contribution in [0.25, 0.3) is 0 Å². The molecule has 0 bridgehead atoms. The molecule has 0 saturated carbocycles. The van der Waals surface area contributed by atoms with Crippen molar-refractivity contribution < 1.29 is 32.0 Å². The van der Waals surface area contributed by atoms with E-state index in [2.05, 4.69) is 4.74 Å². The molecule has 0 atom stereocenters. The van der Waals surface area contributed by atoms with Crippen molar-refractivity contribution in [2.24, 2.45) is 0 Å². The second-order valence-electron chi connectivity index (χ2n) is 6.05. The summed E-state index contributed by atoms with van der Waals surface area (Å²) < 4.78 is 52.6. The van der Waals surface area contributed by atoms with Gasteiger partial charge in [-0.25, -0.2) is 0 Å². The Labute approximate surface area is 126 Å². The molecule has 1 fully saturated rings. The first-order chi connectivity index (χ1) is 9.95. The Kier molecular flexibility index (Phi) is 4.04. The third-order valence-electron chi connectivity index (χ3n) is 3.92. The number of alkyl halides is 3. The number of hydrogen-bond acceptors (Lipinski definition) is 4. The SMILES string of the molecule is CC1(C)OB(c2ccc(C=O)c(OC(F)(F)F)c2)OC1(C)C. The van der Waals surface area contributed by atoms with Gasteiger partial charge in [-0.1, -0.05) is 6.07 Å². The van der Waals surface area contributed by atoms with E-state index in [0.717, 1.165) is 6.07 Å². The summed E-state index contributed by atoms with van der Waals surface area (Å²) in [6, 6.07) is 3.84. The van der Waals surface area contributed by atoms with Crippen molar-refractivity contribution in [1.29, 1.82) is 0 Å². The minimum Gasteiger partial charge on any atom is -0.405 e. The van der Waals surface area contributed by atoms with Crippen LogP contribution in [0.15, 0.2) is 18.2 Å². The summed E-state index contributed by atoms with van der Waals surface area (Å²) in [5.74, 6) is -0.574. The standard InChI is InChI=1S/C14H16BF3O4/c1-12(2)13(3,4)22-15(21-12)10-6-5-9(8-19)11(7-10)20-14(16,17)18/h5-8H,1-4H3. The van der Waals surface area contributed by atoms with E-state index in [1.165, 1.54) is 12.1 Å². The zero-order valence-corrected chi connectivity index (χ0v) is 12.7. The van der Waals surface area contributed by atoms with Gasteiger partial charge in [-0.2, -0.15) is 0 Å². The van der Waals surface area contributed by atoms with E-state index in [4.69, 9.17) is 9.31 Å². The summed E-state index contributed by atoms with van der Waals surface area (Å²) in [6.45, 7) is 7.33. The van der Waals surface area contributed by atoms with Crippen LogP contribution in [0.5, 0.6) is 5.75 Å². The molecule has 1 aliphatic rings. The van der Waals surface area contributed by atoms with Gasteiger partial charge in [0.25, 0.3) is 0 Å². The molecule has 0 unspecified atom stereocenters. The first kappa shape index (κ1) is 16.8. The second kappa shape index (κ2) is 5.28. The topological polar surface area (TPSA) is 44.8 Å². The van der Waals surface area contributed by atoms with E-state index in [0.29, 0.717) is 11.7 Å². The fraction of sp³-hybridized carbons (Fsp3) is 0.500. The number of aldehydes is 1. The molecule has 0 radical (unpaired) electrons. The van der Waals surface area contributed by atoms with E-state index >= 15 is 0 Å². The van der Waals surface area contributed by atoms with E-state index in [9.17, 15) is 18.0 Å². The molecule has 2 rings (SSSR count). The third kappa shape index (κ3) is 3.28. The van der Waals surface area contributed by atoms with Crippen molar-refractivity contribution >= 4 is 18.9 Å². The number of ether oxygens (including phenoxy) is 1. The maximum absolute atomic E-state index is 12.4. The van der Waals surface area contributed by atoms with Gasteiger partial charge in [-0.3, -0.25) is 4.79 Å². The number of carbonyl (C=O) groups is 1. The molecule has 0 N–H and O–H groups in total. The summed E-state index contributed by atoms with van der Waals surface area (Å²) in [5.41, 5.74) is -1.08. The Morgan fingerprint density at radius 1 is 1.14 bits per heavy atom. The van der Waals surface area contributed by atoms with Crippen molar-refractivity contribution in [2.45, 2.75) is 45.3 Å². The lowest BCUT2D eigenvalue weighted by Crippen LogP contribution is -2.41. The molecule has 1 aromatic rings. The van der Waals surface area contributed by atoms with Gasteiger partial charge >= 0.3 is 13.5 Å². The molecule has 1 aliphatic heterocycles.